The first kappa shape index (κ1) is 21.7. The molecule has 0 bridgehead atoms. The van der Waals surface area contributed by atoms with E-state index in [9.17, 15) is 9.90 Å². The summed E-state index contributed by atoms with van der Waals surface area (Å²) >= 11 is 0. The molecule has 0 saturated carbocycles. The number of quaternary nitrogens is 1. The van der Waals surface area contributed by atoms with E-state index >= 15 is 0 Å². The first-order valence-electron chi connectivity index (χ1n) is 7.90. The molecule has 0 aliphatic rings. The van der Waals surface area contributed by atoms with Crippen molar-refractivity contribution in [3.05, 3.63) is 0 Å². The molecule has 0 saturated heterocycles. The fraction of sp³-hybridized carbons (Fsp3) is 0.938. The fourth-order valence-electron chi connectivity index (χ4n) is 1.72. The summed E-state index contributed by atoms with van der Waals surface area (Å²) in [5.74, 6) is -1.44. The molecule has 0 radical (unpaired) electrons. The molecular formula is C16H35NO3. The van der Waals surface area contributed by atoms with Crippen LogP contribution in [0.2, 0.25) is 0 Å². The Morgan fingerprint density at radius 1 is 1.00 bits per heavy atom. The van der Waals surface area contributed by atoms with Gasteiger partial charge in [0, 0.05) is 0 Å². The summed E-state index contributed by atoms with van der Waals surface area (Å²) in [6.45, 7) is 4.74. The molecule has 0 amide bonds. The van der Waals surface area contributed by atoms with Gasteiger partial charge in [-0.3, -0.25) is 0 Å². The monoisotopic (exact) mass is 289 g/mol. The molecule has 0 spiro atoms. The average Bonchev–Trinajstić information content (AvgIpc) is 2.32. The van der Waals surface area contributed by atoms with Crippen molar-refractivity contribution in [2.24, 2.45) is 0 Å². The summed E-state index contributed by atoms with van der Waals surface area (Å²) in [5, 5.41) is 17.3. The minimum Gasteiger partial charge on any atom is -0.547 e. The second-order valence-corrected chi connectivity index (χ2v) is 6.48. The number of aliphatic hydroxyl groups excluding tert-OH is 1. The Morgan fingerprint density at radius 3 is 1.65 bits per heavy atom. The number of aliphatic hydroxyl groups is 1. The van der Waals surface area contributed by atoms with E-state index in [2.05, 4.69) is 28.1 Å². The van der Waals surface area contributed by atoms with Gasteiger partial charge in [-0.25, -0.2) is 0 Å². The zero-order valence-electron chi connectivity index (χ0n) is 14.2. The highest BCUT2D eigenvalue weighted by atomic mass is 16.4. The molecule has 0 aliphatic heterocycles. The number of carbonyl (C=O) groups excluding carboxylic acids is 1. The van der Waals surface area contributed by atoms with Gasteiger partial charge in [0.2, 0.25) is 0 Å². The summed E-state index contributed by atoms with van der Waals surface area (Å²) in [6.07, 6.45) is 10.1. The third-order valence-electron chi connectivity index (χ3n) is 3.02. The topological polar surface area (TPSA) is 60.4 Å². The summed E-state index contributed by atoms with van der Waals surface area (Å²) < 4.78 is 1.12. The van der Waals surface area contributed by atoms with Gasteiger partial charge in [-0.1, -0.05) is 45.4 Å². The molecule has 20 heavy (non-hydrogen) atoms. The average molecular weight is 289 g/mol. The van der Waals surface area contributed by atoms with Crippen LogP contribution in [0, 0.1) is 0 Å². The number of hydrogen-bond acceptors (Lipinski definition) is 3. The highest BCUT2D eigenvalue weighted by Gasteiger charge is 2.04. The van der Waals surface area contributed by atoms with Crippen LogP contribution in [-0.2, 0) is 4.79 Å². The van der Waals surface area contributed by atoms with E-state index in [0.29, 0.717) is 0 Å². The van der Waals surface area contributed by atoms with Crippen LogP contribution in [0.4, 0.5) is 0 Å². The zero-order chi connectivity index (χ0) is 16.0. The van der Waals surface area contributed by atoms with Crippen molar-refractivity contribution < 1.29 is 19.5 Å². The van der Waals surface area contributed by atoms with Gasteiger partial charge in [-0.2, -0.15) is 0 Å². The van der Waals surface area contributed by atoms with Crippen LogP contribution in [0.15, 0.2) is 0 Å². The molecule has 4 heteroatoms. The number of hydrogen-bond donors (Lipinski definition) is 1. The van der Waals surface area contributed by atoms with Crippen LogP contribution < -0.4 is 5.11 Å². The summed E-state index contributed by atoms with van der Waals surface area (Å²) in [6, 6.07) is 0. The maximum Gasteiger partial charge on any atom is 0.0905 e. The van der Waals surface area contributed by atoms with Gasteiger partial charge >= 0.3 is 0 Å². The van der Waals surface area contributed by atoms with Crippen LogP contribution in [0.25, 0.3) is 0 Å². The summed E-state index contributed by atoms with van der Waals surface area (Å²) in [5.41, 5.74) is 0. The Morgan fingerprint density at radius 2 is 1.35 bits per heavy atom. The molecule has 0 heterocycles. The Hall–Kier alpha value is -0.610. The predicted octanol–water partition coefficient (Wildman–Crippen LogP) is 1.95. The molecular weight excluding hydrogens is 254 g/mol. The third kappa shape index (κ3) is 22.6. The van der Waals surface area contributed by atoms with Crippen LogP contribution in [0.3, 0.4) is 0 Å². The molecule has 0 rings (SSSR count). The zero-order valence-corrected chi connectivity index (χ0v) is 14.2. The van der Waals surface area contributed by atoms with Crippen LogP contribution in [0.5, 0.6) is 0 Å². The molecule has 0 fully saturated rings. The van der Waals surface area contributed by atoms with Gasteiger partial charge in [0.05, 0.1) is 39.8 Å². The molecule has 1 atom stereocenters. The molecule has 0 aliphatic carbocycles. The Balaban J connectivity index is 0. The van der Waals surface area contributed by atoms with Crippen molar-refractivity contribution in [2.75, 3.05) is 27.7 Å². The minimum atomic E-state index is -1.44. The molecule has 0 aromatic heterocycles. The number of nitrogens with zero attached hydrogens (tertiary/aromatic N) is 1. The van der Waals surface area contributed by atoms with Crippen molar-refractivity contribution in [3.63, 3.8) is 0 Å². The quantitative estimate of drug-likeness (QED) is 0.494. The van der Waals surface area contributed by atoms with Crippen molar-refractivity contribution in [3.8, 4) is 0 Å². The van der Waals surface area contributed by atoms with Crippen molar-refractivity contribution in [1.29, 1.82) is 0 Å². The fourth-order valence-corrected chi connectivity index (χ4v) is 1.72. The highest BCUT2D eigenvalue weighted by Crippen LogP contribution is 2.09. The van der Waals surface area contributed by atoms with Gasteiger partial charge in [-0.15, -0.1) is 0 Å². The molecule has 1 unspecified atom stereocenters. The summed E-state index contributed by atoms with van der Waals surface area (Å²) in [7, 11) is 6.84. The number of carboxylic acid groups (broad SMARTS) is 1. The Labute approximate surface area is 125 Å². The number of unbranched alkanes of at least 4 members (excludes halogenated alkanes) is 7. The lowest BCUT2D eigenvalue weighted by Crippen LogP contribution is -2.35. The SMILES string of the molecule is CC(O)C(=O)[O-].CCCCCCCCCC[N+](C)(C)C. The van der Waals surface area contributed by atoms with E-state index < -0.39 is 12.1 Å². The van der Waals surface area contributed by atoms with Gasteiger partial charge < -0.3 is 19.5 Å². The van der Waals surface area contributed by atoms with Gasteiger partial charge in [0.25, 0.3) is 0 Å². The number of aliphatic carboxylic acids is 1. The Kier molecular flexibility index (Phi) is 14.5. The van der Waals surface area contributed by atoms with Gasteiger partial charge in [0.1, 0.15) is 0 Å². The van der Waals surface area contributed by atoms with E-state index in [4.69, 9.17) is 5.11 Å². The van der Waals surface area contributed by atoms with Crippen molar-refractivity contribution >= 4 is 5.97 Å². The van der Waals surface area contributed by atoms with E-state index in [1.54, 1.807) is 0 Å². The molecule has 1 N–H and O–H groups in total. The molecule has 122 valence electrons. The normalized spacial score (nSPS) is 12.5. The third-order valence-corrected chi connectivity index (χ3v) is 3.02. The molecule has 0 aromatic rings. The summed E-state index contributed by atoms with van der Waals surface area (Å²) in [4.78, 5) is 9.34. The molecule has 4 nitrogen and oxygen atoms in total. The van der Waals surface area contributed by atoms with Gasteiger partial charge in [-0.05, 0) is 19.8 Å². The lowest BCUT2D eigenvalue weighted by Gasteiger charge is -2.23. The second-order valence-electron chi connectivity index (χ2n) is 6.48. The predicted molar refractivity (Wildman–Crippen MR) is 82.2 cm³/mol. The number of carboxylic acids is 1. The van der Waals surface area contributed by atoms with E-state index in [0.717, 1.165) is 11.4 Å². The maximum absolute atomic E-state index is 9.34. The standard InChI is InChI=1S/C13H30N.C3H6O3/c1-5-6-7-8-9-10-11-12-13-14(2,3)4;1-2(4)3(5)6/h5-13H2,1-4H3;2,4H,1H3,(H,5,6)/q+1;/p-1. The van der Waals surface area contributed by atoms with E-state index in [1.807, 2.05) is 0 Å². The lowest BCUT2D eigenvalue weighted by atomic mass is 10.1. The maximum atomic E-state index is 9.34. The lowest BCUT2D eigenvalue weighted by molar-refractivity contribution is -0.870. The minimum absolute atomic E-state index is 1.12. The van der Waals surface area contributed by atoms with Gasteiger partial charge in [0.15, 0.2) is 0 Å². The Bertz CT molecular complexity index is 222. The first-order valence-corrected chi connectivity index (χ1v) is 7.90. The van der Waals surface area contributed by atoms with Crippen LogP contribution in [-0.4, -0.2) is 49.4 Å². The first-order chi connectivity index (χ1) is 9.20. The number of carbonyl (C=O) groups is 1. The van der Waals surface area contributed by atoms with Crippen LogP contribution in [0.1, 0.15) is 65.2 Å². The second kappa shape index (κ2) is 13.4. The largest absolute Gasteiger partial charge is 0.547 e. The van der Waals surface area contributed by atoms with Crippen molar-refractivity contribution in [1.82, 2.24) is 0 Å². The van der Waals surface area contributed by atoms with Crippen molar-refractivity contribution in [2.45, 2.75) is 71.3 Å². The molecule has 0 aromatic carbocycles. The van der Waals surface area contributed by atoms with E-state index in [-0.39, 0.29) is 0 Å². The smallest absolute Gasteiger partial charge is 0.0905 e. The number of rotatable bonds is 10. The highest BCUT2D eigenvalue weighted by molar-refractivity contribution is 5.68. The van der Waals surface area contributed by atoms with Crippen LogP contribution >= 0.6 is 0 Å². The van der Waals surface area contributed by atoms with E-state index in [1.165, 1.54) is 57.9 Å².